The fourth-order valence-electron chi connectivity index (χ4n) is 2.59. The Bertz CT molecular complexity index is 144. The molecule has 2 unspecified atom stereocenters. The molecule has 1 heteroatoms. The SMILES string of the molecule is CC1CSC2C[C@H](C)CC[C@@H]12. The van der Waals surface area contributed by atoms with Crippen LogP contribution < -0.4 is 0 Å². The third-order valence-electron chi connectivity index (χ3n) is 3.41. The number of rotatable bonds is 0. The molecule has 0 radical (unpaired) electrons. The summed E-state index contributed by atoms with van der Waals surface area (Å²) in [5.41, 5.74) is 0. The van der Waals surface area contributed by atoms with Crippen LogP contribution in [0, 0.1) is 17.8 Å². The van der Waals surface area contributed by atoms with Gasteiger partial charge in [0.1, 0.15) is 0 Å². The minimum atomic E-state index is 1.01. The van der Waals surface area contributed by atoms with E-state index in [0.29, 0.717) is 0 Å². The van der Waals surface area contributed by atoms with E-state index < -0.39 is 0 Å². The van der Waals surface area contributed by atoms with Crippen molar-refractivity contribution in [2.75, 3.05) is 5.75 Å². The quantitative estimate of drug-likeness (QED) is 0.538. The zero-order chi connectivity index (χ0) is 7.84. The maximum Gasteiger partial charge on any atom is 0.00807 e. The average molecular weight is 170 g/mol. The summed E-state index contributed by atoms with van der Waals surface area (Å²) in [4.78, 5) is 0. The highest BCUT2D eigenvalue weighted by molar-refractivity contribution is 8.00. The number of hydrogen-bond acceptors (Lipinski definition) is 1. The minimum Gasteiger partial charge on any atom is -0.158 e. The summed E-state index contributed by atoms with van der Waals surface area (Å²) in [6.07, 6.45) is 4.51. The lowest BCUT2D eigenvalue weighted by molar-refractivity contribution is 0.261. The van der Waals surface area contributed by atoms with E-state index in [1.807, 2.05) is 0 Å². The number of thioether (sulfide) groups is 1. The molecule has 4 atom stereocenters. The van der Waals surface area contributed by atoms with Crippen LogP contribution >= 0.6 is 11.8 Å². The summed E-state index contributed by atoms with van der Waals surface area (Å²) in [5, 5.41) is 1.04. The van der Waals surface area contributed by atoms with Crippen molar-refractivity contribution in [3.8, 4) is 0 Å². The average Bonchev–Trinajstić information content (AvgIpc) is 2.32. The van der Waals surface area contributed by atoms with Crippen molar-refractivity contribution < 1.29 is 0 Å². The van der Waals surface area contributed by atoms with Crippen molar-refractivity contribution in [1.29, 1.82) is 0 Å². The Kier molecular flexibility index (Phi) is 2.18. The summed E-state index contributed by atoms with van der Waals surface area (Å²) in [5.74, 6) is 4.53. The third kappa shape index (κ3) is 1.44. The third-order valence-corrected chi connectivity index (χ3v) is 5.10. The van der Waals surface area contributed by atoms with E-state index in [9.17, 15) is 0 Å². The summed E-state index contributed by atoms with van der Waals surface area (Å²) in [6, 6.07) is 0. The molecule has 64 valence electrons. The molecule has 1 heterocycles. The van der Waals surface area contributed by atoms with E-state index in [1.54, 1.807) is 0 Å². The first-order valence-electron chi connectivity index (χ1n) is 4.89. The molecule has 0 aromatic carbocycles. The fraction of sp³-hybridized carbons (Fsp3) is 1.00. The van der Waals surface area contributed by atoms with Crippen LogP contribution in [0.4, 0.5) is 0 Å². The molecule has 2 rings (SSSR count). The largest absolute Gasteiger partial charge is 0.158 e. The van der Waals surface area contributed by atoms with Gasteiger partial charge in [-0.15, -0.1) is 0 Å². The lowest BCUT2D eigenvalue weighted by Gasteiger charge is -2.30. The molecule has 0 bridgehead atoms. The van der Waals surface area contributed by atoms with E-state index in [-0.39, 0.29) is 0 Å². The van der Waals surface area contributed by atoms with E-state index in [2.05, 4.69) is 25.6 Å². The normalized spacial score (nSPS) is 50.7. The zero-order valence-electron chi connectivity index (χ0n) is 7.55. The lowest BCUT2D eigenvalue weighted by atomic mass is 9.77. The second-order valence-electron chi connectivity index (χ2n) is 4.43. The van der Waals surface area contributed by atoms with Crippen LogP contribution in [0.25, 0.3) is 0 Å². The van der Waals surface area contributed by atoms with E-state index in [4.69, 9.17) is 0 Å². The van der Waals surface area contributed by atoms with Crippen molar-refractivity contribution in [3.05, 3.63) is 0 Å². The second-order valence-corrected chi connectivity index (χ2v) is 5.70. The van der Waals surface area contributed by atoms with Gasteiger partial charge in [0.25, 0.3) is 0 Å². The molecular weight excluding hydrogens is 152 g/mol. The van der Waals surface area contributed by atoms with Gasteiger partial charge in [-0.2, -0.15) is 11.8 Å². The Hall–Kier alpha value is 0.350. The topological polar surface area (TPSA) is 0 Å². The monoisotopic (exact) mass is 170 g/mol. The van der Waals surface area contributed by atoms with Crippen LogP contribution in [0.15, 0.2) is 0 Å². The maximum absolute atomic E-state index is 2.44. The van der Waals surface area contributed by atoms with Gasteiger partial charge in [0.15, 0.2) is 0 Å². The zero-order valence-corrected chi connectivity index (χ0v) is 8.36. The molecule has 1 saturated carbocycles. The molecule has 11 heavy (non-hydrogen) atoms. The van der Waals surface area contributed by atoms with Gasteiger partial charge in [-0.05, 0) is 36.3 Å². The molecule has 0 aromatic rings. The highest BCUT2D eigenvalue weighted by Crippen LogP contribution is 2.46. The summed E-state index contributed by atoms with van der Waals surface area (Å²) in [6.45, 7) is 4.85. The summed E-state index contributed by atoms with van der Waals surface area (Å²) >= 11 is 2.24. The fourth-order valence-corrected chi connectivity index (χ4v) is 4.51. The van der Waals surface area contributed by atoms with Gasteiger partial charge in [-0.1, -0.05) is 20.3 Å². The Morgan fingerprint density at radius 2 is 2.00 bits per heavy atom. The summed E-state index contributed by atoms with van der Waals surface area (Å²) in [7, 11) is 0. The predicted molar refractivity (Wildman–Crippen MR) is 51.9 cm³/mol. The van der Waals surface area contributed by atoms with E-state index >= 15 is 0 Å². The van der Waals surface area contributed by atoms with Crippen LogP contribution in [-0.2, 0) is 0 Å². The van der Waals surface area contributed by atoms with Crippen molar-refractivity contribution in [3.63, 3.8) is 0 Å². The van der Waals surface area contributed by atoms with Crippen LogP contribution in [0.1, 0.15) is 33.1 Å². The predicted octanol–water partition coefficient (Wildman–Crippen LogP) is 3.17. The van der Waals surface area contributed by atoms with Crippen LogP contribution in [0.5, 0.6) is 0 Å². The molecule has 1 saturated heterocycles. The van der Waals surface area contributed by atoms with Crippen molar-refractivity contribution in [1.82, 2.24) is 0 Å². The van der Waals surface area contributed by atoms with Crippen molar-refractivity contribution >= 4 is 11.8 Å². The molecule has 2 aliphatic rings. The highest BCUT2D eigenvalue weighted by Gasteiger charge is 2.37. The Labute approximate surface area is 74.1 Å². The first kappa shape index (κ1) is 7.97. The molecule has 0 amide bonds. The van der Waals surface area contributed by atoms with Crippen molar-refractivity contribution in [2.45, 2.75) is 38.4 Å². The van der Waals surface area contributed by atoms with Gasteiger partial charge in [-0.3, -0.25) is 0 Å². The maximum atomic E-state index is 2.44. The van der Waals surface area contributed by atoms with Crippen LogP contribution in [-0.4, -0.2) is 11.0 Å². The number of fused-ring (bicyclic) bond motifs is 1. The molecule has 0 N–H and O–H groups in total. The van der Waals surface area contributed by atoms with Gasteiger partial charge >= 0.3 is 0 Å². The van der Waals surface area contributed by atoms with E-state index in [0.717, 1.165) is 23.0 Å². The highest BCUT2D eigenvalue weighted by atomic mass is 32.2. The molecule has 1 aliphatic carbocycles. The van der Waals surface area contributed by atoms with Gasteiger partial charge in [0, 0.05) is 5.25 Å². The van der Waals surface area contributed by atoms with Crippen LogP contribution in [0.3, 0.4) is 0 Å². The molecule has 0 spiro atoms. The number of hydrogen-bond donors (Lipinski definition) is 0. The second kappa shape index (κ2) is 3.01. The molecule has 0 aromatic heterocycles. The van der Waals surface area contributed by atoms with Gasteiger partial charge in [-0.25, -0.2) is 0 Å². The molecule has 2 fully saturated rings. The van der Waals surface area contributed by atoms with Gasteiger partial charge in [0.05, 0.1) is 0 Å². The van der Waals surface area contributed by atoms with Gasteiger partial charge in [0.2, 0.25) is 0 Å². The Balaban J connectivity index is 2.00. The lowest BCUT2D eigenvalue weighted by Crippen LogP contribution is -2.25. The summed E-state index contributed by atoms with van der Waals surface area (Å²) < 4.78 is 0. The van der Waals surface area contributed by atoms with Crippen LogP contribution in [0.2, 0.25) is 0 Å². The minimum absolute atomic E-state index is 1.01. The first-order valence-corrected chi connectivity index (χ1v) is 5.94. The smallest absolute Gasteiger partial charge is 0.00807 e. The molecule has 1 aliphatic heterocycles. The molecular formula is C10H18S. The Morgan fingerprint density at radius 1 is 1.18 bits per heavy atom. The Morgan fingerprint density at radius 3 is 2.82 bits per heavy atom. The molecule has 0 nitrogen and oxygen atoms in total. The van der Waals surface area contributed by atoms with E-state index in [1.165, 1.54) is 25.0 Å². The van der Waals surface area contributed by atoms with Crippen molar-refractivity contribution in [2.24, 2.45) is 17.8 Å². The van der Waals surface area contributed by atoms with Gasteiger partial charge < -0.3 is 0 Å². The first-order chi connectivity index (χ1) is 5.27. The standard InChI is InChI=1S/C10H18S/c1-7-3-4-9-8(2)6-11-10(9)5-7/h7-10H,3-6H2,1-2H3/t7-,8?,9+,10?/m1/s1.